The van der Waals surface area contributed by atoms with Crippen LogP contribution in [0.2, 0.25) is 0 Å². The van der Waals surface area contributed by atoms with Crippen molar-refractivity contribution in [2.75, 3.05) is 0 Å². The average Bonchev–Trinajstić information content (AvgIpc) is 2.73. The minimum absolute atomic E-state index is 0.500. The first-order valence-electron chi connectivity index (χ1n) is 4.30. The maximum Gasteiger partial charge on any atom is 0.0241 e. The molecule has 0 spiro atoms. The minimum Gasteiger partial charge on any atom is -0.0854 e. The Morgan fingerprint density at radius 1 is 1.60 bits per heavy atom. The molecular weight excluding hydrogens is 120 g/mol. The monoisotopic (exact) mass is 135 g/mol. The van der Waals surface area contributed by atoms with E-state index in [1.54, 1.807) is 0 Å². The smallest absolute Gasteiger partial charge is 0.0241 e. The van der Waals surface area contributed by atoms with Crippen LogP contribution in [0.1, 0.15) is 39.0 Å². The fourth-order valence-corrected chi connectivity index (χ4v) is 1.35. The third-order valence-corrected chi connectivity index (χ3v) is 2.25. The zero-order chi connectivity index (χ0) is 7.40. The summed E-state index contributed by atoms with van der Waals surface area (Å²) in [6.07, 6.45) is 13.5. The van der Waals surface area contributed by atoms with Crippen molar-refractivity contribution in [3.05, 3.63) is 6.42 Å². The van der Waals surface area contributed by atoms with Gasteiger partial charge in [0.05, 0.1) is 0 Å². The van der Waals surface area contributed by atoms with E-state index in [9.17, 15) is 0 Å². The zero-order valence-corrected chi connectivity index (χ0v) is 6.69. The van der Waals surface area contributed by atoms with Gasteiger partial charge in [-0.15, -0.1) is 0 Å². The molecule has 0 aromatic carbocycles. The summed E-state index contributed by atoms with van der Waals surface area (Å²) in [4.78, 5) is 0. The second-order valence-corrected chi connectivity index (χ2v) is 3.23. The highest BCUT2D eigenvalue weighted by molar-refractivity contribution is 4.96. The summed E-state index contributed by atoms with van der Waals surface area (Å²) in [5.74, 6) is 3.99. The van der Waals surface area contributed by atoms with Crippen molar-refractivity contribution in [3.63, 3.8) is 0 Å². The van der Waals surface area contributed by atoms with Crippen LogP contribution in [-0.4, -0.2) is 0 Å². The predicted molar refractivity (Wildman–Crippen MR) is 42.9 cm³/mol. The lowest BCUT2D eigenvalue weighted by Gasteiger charge is -2.05. The number of hydrogen-bond donors (Lipinski definition) is 0. The topological polar surface area (TPSA) is 0 Å². The normalized spacial score (nSPS) is 20.0. The number of hydrogen-bond acceptors (Lipinski definition) is 0. The van der Waals surface area contributed by atoms with Gasteiger partial charge in [-0.25, -0.2) is 0 Å². The van der Waals surface area contributed by atoms with Crippen LogP contribution in [0.4, 0.5) is 0 Å². The molecule has 0 nitrogen and oxygen atoms in total. The van der Waals surface area contributed by atoms with E-state index >= 15 is 0 Å². The molecule has 1 rings (SSSR count). The maximum absolute atomic E-state index is 7.06. The third-order valence-electron chi connectivity index (χ3n) is 2.25. The van der Waals surface area contributed by atoms with Crippen molar-refractivity contribution in [1.82, 2.24) is 0 Å². The third kappa shape index (κ3) is 2.06. The Labute approximate surface area is 64.0 Å². The van der Waals surface area contributed by atoms with Gasteiger partial charge in [-0.05, 0) is 31.6 Å². The fraction of sp³-hybridized carbons (Fsp3) is 0.800. The Hall–Kier alpha value is -0.440. The van der Waals surface area contributed by atoms with Gasteiger partial charge in [-0.1, -0.05) is 25.7 Å². The van der Waals surface area contributed by atoms with E-state index in [-0.39, 0.29) is 0 Å². The summed E-state index contributed by atoms with van der Waals surface area (Å²) in [7, 11) is 0. The molecule has 0 amide bonds. The average molecular weight is 135 g/mol. The molecule has 1 aliphatic carbocycles. The Balaban J connectivity index is 2.15. The molecule has 0 aromatic rings. The van der Waals surface area contributed by atoms with E-state index in [4.69, 9.17) is 6.42 Å². The van der Waals surface area contributed by atoms with Crippen LogP contribution in [0.3, 0.4) is 0 Å². The standard InChI is InChI=1S/C10H15/c1-3-5-6-9(4-2)10-7-8-10/h9-10H,3,5-8H2,1H3. The summed E-state index contributed by atoms with van der Waals surface area (Å²) >= 11 is 0. The zero-order valence-electron chi connectivity index (χ0n) is 6.69. The number of unbranched alkanes of at least 4 members (excludes halogenated alkanes) is 1. The van der Waals surface area contributed by atoms with Crippen LogP contribution in [0.25, 0.3) is 0 Å². The summed E-state index contributed by atoms with van der Waals surface area (Å²) in [6.45, 7) is 2.20. The Morgan fingerprint density at radius 3 is 2.70 bits per heavy atom. The summed E-state index contributed by atoms with van der Waals surface area (Å²) in [6, 6.07) is 0. The van der Waals surface area contributed by atoms with Crippen molar-refractivity contribution in [2.24, 2.45) is 11.8 Å². The molecule has 0 N–H and O–H groups in total. The minimum atomic E-state index is 0.500. The molecule has 0 heterocycles. The Bertz CT molecular complexity index is 125. The van der Waals surface area contributed by atoms with Crippen LogP contribution in [0.15, 0.2) is 0 Å². The molecule has 0 aliphatic heterocycles. The van der Waals surface area contributed by atoms with Crippen molar-refractivity contribution >= 4 is 0 Å². The van der Waals surface area contributed by atoms with Crippen molar-refractivity contribution in [3.8, 4) is 5.92 Å². The van der Waals surface area contributed by atoms with Gasteiger partial charge in [-0.3, -0.25) is 0 Å². The Kier molecular flexibility index (Phi) is 2.81. The second-order valence-electron chi connectivity index (χ2n) is 3.23. The highest BCUT2D eigenvalue weighted by atomic mass is 14.3. The first kappa shape index (κ1) is 7.66. The predicted octanol–water partition coefficient (Wildman–Crippen LogP) is 2.79. The van der Waals surface area contributed by atoms with Crippen LogP contribution in [0, 0.1) is 24.2 Å². The van der Waals surface area contributed by atoms with E-state index in [0.717, 1.165) is 5.92 Å². The highest BCUT2D eigenvalue weighted by Gasteiger charge is 2.28. The molecule has 0 bridgehead atoms. The maximum atomic E-state index is 7.06. The molecule has 0 heteroatoms. The molecule has 1 unspecified atom stereocenters. The van der Waals surface area contributed by atoms with E-state index in [2.05, 4.69) is 12.8 Å². The molecule has 1 radical (unpaired) electrons. The summed E-state index contributed by atoms with van der Waals surface area (Å²) in [5, 5.41) is 0. The molecule has 10 heavy (non-hydrogen) atoms. The molecule has 1 fully saturated rings. The number of rotatable bonds is 4. The highest BCUT2D eigenvalue weighted by Crippen LogP contribution is 2.38. The van der Waals surface area contributed by atoms with Crippen molar-refractivity contribution < 1.29 is 0 Å². The lowest BCUT2D eigenvalue weighted by atomic mass is 9.98. The van der Waals surface area contributed by atoms with Crippen LogP contribution in [0.5, 0.6) is 0 Å². The largest absolute Gasteiger partial charge is 0.0854 e. The van der Waals surface area contributed by atoms with Gasteiger partial charge < -0.3 is 0 Å². The van der Waals surface area contributed by atoms with Crippen LogP contribution < -0.4 is 0 Å². The fourth-order valence-electron chi connectivity index (χ4n) is 1.35. The van der Waals surface area contributed by atoms with Gasteiger partial charge in [0.1, 0.15) is 0 Å². The van der Waals surface area contributed by atoms with Crippen molar-refractivity contribution in [1.29, 1.82) is 0 Å². The second kappa shape index (κ2) is 3.66. The first-order valence-corrected chi connectivity index (χ1v) is 4.30. The van der Waals surface area contributed by atoms with Gasteiger partial charge in [0.25, 0.3) is 0 Å². The van der Waals surface area contributed by atoms with E-state index in [1.807, 2.05) is 0 Å². The first-order chi connectivity index (χ1) is 4.88. The quantitative estimate of drug-likeness (QED) is 0.520. The summed E-state index contributed by atoms with van der Waals surface area (Å²) < 4.78 is 0. The SMILES string of the molecule is [C]#CC(CCCC)C1CC1. The lowest BCUT2D eigenvalue weighted by Crippen LogP contribution is -1.98. The van der Waals surface area contributed by atoms with Gasteiger partial charge in [0.2, 0.25) is 0 Å². The van der Waals surface area contributed by atoms with Gasteiger partial charge >= 0.3 is 0 Å². The Morgan fingerprint density at radius 2 is 2.30 bits per heavy atom. The van der Waals surface area contributed by atoms with Crippen LogP contribution in [-0.2, 0) is 0 Å². The molecule has 55 valence electrons. The molecule has 0 saturated heterocycles. The van der Waals surface area contributed by atoms with Gasteiger partial charge in [-0.2, -0.15) is 0 Å². The van der Waals surface area contributed by atoms with E-state index < -0.39 is 0 Å². The van der Waals surface area contributed by atoms with E-state index in [0.29, 0.717) is 5.92 Å². The van der Waals surface area contributed by atoms with Crippen LogP contribution >= 0.6 is 0 Å². The van der Waals surface area contributed by atoms with Crippen molar-refractivity contribution in [2.45, 2.75) is 39.0 Å². The van der Waals surface area contributed by atoms with E-state index in [1.165, 1.54) is 32.1 Å². The van der Waals surface area contributed by atoms with Gasteiger partial charge in [0, 0.05) is 5.92 Å². The molecule has 0 aromatic heterocycles. The molecular formula is C10H15. The molecule has 1 aliphatic rings. The molecule has 1 atom stereocenters. The lowest BCUT2D eigenvalue weighted by molar-refractivity contribution is 0.514. The summed E-state index contributed by atoms with van der Waals surface area (Å²) in [5.41, 5.74) is 0. The molecule has 1 saturated carbocycles. The van der Waals surface area contributed by atoms with Gasteiger partial charge in [0.15, 0.2) is 0 Å².